The van der Waals surface area contributed by atoms with Crippen LogP contribution in [0.15, 0.2) is 79.1 Å². The molecule has 0 bridgehead atoms. The Balaban J connectivity index is 1.77. The van der Waals surface area contributed by atoms with E-state index in [4.69, 9.17) is 5.26 Å². The molecule has 1 heterocycles. The number of hydrogen-bond acceptors (Lipinski definition) is 2. The molecule has 0 aliphatic carbocycles. The average molecular weight is 328 g/mol. The maximum absolute atomic E-state index is 12.5. The summed E-state index contributed by atoms with van der Waals surface area (Å²) in [6.07, 6.45) is 3.85. The van der Waals surface area contributed by atoms with E-state index in [9.17, 15) is 4.79 Å². The summed E-state index contributed by atoms with van der Waals surface area (Å²) in [6, 6.07) is 22.5. The lowest BCUT2D eigenvalue weighted by Crippen LogP contribution is -2.44. The van der Waals surface area contributed by atoms with E-state index in [-0.39, 0.29) is 11.9 Å². The van der Waals surface area contributed by atoms with Crippen LogP contribution in [0.1, 0.15) is 18.5 Å². The first kappa shape index (κ1) is 16.4. The minimum absolute atomic E-state index is 0.111. The highest BCUT2D eigenvalue weighted by atomic mass is 16.2. The largest absolute Gasteiger partial charge is 0.320 e. The molecule has 122 valence electrons. The fourth-order valence-corrected chi connectivity index (χ4v) is 2.55. The molecule has 0 fully saturated rings. The van der Waals surface area contributed by atoms with Gasteiger partial charge in [-0.2, -0.15) is 9.83 Å². The second-order valence-electron chi connectivity index (χ2n) is 5.76. The number of hydrogen-bond donors (Lipinski definition) is 1. The van der Waals surface area contributed by atoms with Gasteiger partial charge in [0.05, 0.1) is 11.6 Å². The van der Waals surface area contributed by atoms with Crippen molar-refractivity contribution in [3.63, 3.8) is 0 Å². The van der Waals surface area contributed by atoms with Gasteiger partial charge < -0.3 is 5.32 Å². The van der Waals surface area contributed by atoms with Gasteiger partial charge in [0.25, 0.3) is 5.91 Å². The monoisotopic (exact) mass is 328 g/mol. The van der Waals surface area contributed by atoms with Crippen LogP contribution in [-0.2, 0) is 4.79 Å². The zero-order valence-electron chi connectivity index (χ0n) is 13.9. The quantitative estimate of drug-likeness (QED) is 0.742. The van der Waals surface area contributed by atoms with Gasteiger partial charge in [-0.3, -0.25) is 4.79 Å². The van der Waals surface area contributed by atoms with E-state index in [1.807, 2.05) is 66.3 Å². The van der Waals surface area contributed by atoms with Crippen molar-refractivity contribution in [1.82, 2.24) is 0 Å². The maximum Gasteiger partial charge on any atom is 0.293 e. The number of carbonyl (C=O) groups excluding carboxylic acids is 1. The van der Waals surface area contributed by atoms with E-state index in [0.717, 1.165) is 11.1 Å². The predicted octanol–water partition coefficient (Wildman–Crippen LogP) is 3.71. The summed E-state index contributed by atoms with van der Waals surface area (Å²) in [7, 11) is 0. The van der Waals surface area contributed by atoms with Crippen molar-refractivity contribution in [2.24, 2.45) is 0 Å². The Morgan fingerprint density at radius 2 is 1.68 bits per heavy atom. The molecule has 1 atom stereocenters. The van der Waals surface area contributed by atoms with Gasteiger partial charge in [0, 0.05) is 24.2 Å². The van der Waals surface area contributed by atoms with Crippen LogP contribution < -0.4 is 9.88 Å². The Labute approximate surface area is 147 Å². The standard InChI is InChI=1S/C21H17N3O/c1-16(21(25)23-20-11-9-17(14-22)10-12-20)24-13-5-8-19(15-24)18-6-3-2-4-7-18/h2-13,15-16H,1H3/p+1/t16-/m0/s1. The Morgan fingerprint density at radius 3 is 2.36 bits per heavy atom. The van der Waals surface area contributed by atoms with Crippen LogP contribution in [0, 0.1) is 11.3 Å². The number of amides is 1. The van der Waals surface area contributed by atoms with E-state index in [1.54, 1.807) is 24.3 Å². The first-order valence-corrected chi connectivity index (χ1v) is 8.04. The molecule has 1 amide bonds. The van der Waals surface area contributed by atoms with Crippen LogP contribution in [0.5, 0.6) is 0 Å². The normalized spacial score (nSPS) is 11.4. The lowest BCUT2D eigenvalue weighted by molar-refractivity contribution is -0.705. The van der Waals surface area contributed by atoms with Gasteiger partial charge in [0.15, 0.2) is 12.4 Å². The highest BCUT2D eigenvalue weighted by Crippen LogP contribution is 2.17. The summed E-state index contributed by atoms with van der Waals surface area (Å²) in [6.45, 7) is 1.85. The molecule has 1 aromatic heterocycles. The predicted molar refractivity (Wildman–Crippen MR) is 96.6 cm³/mol. The molecule has 0 spiro atoms. The Morgan fingerprint density at radius 1 is 1.00 bits per heavy atom. The Kier molecular flexibility index (Phi) is 4.87. The lowest BCUT2D eigenvalue weighted by Gasteiger charge is -2.10. The molecular formula is C21H18N3O+. The second kappa shape index (κ2) is 7.41. The molecule has 0 radical (unpaired) electrons. The van der Waals surface area contributed by atoms with Crippen LogP contribution in [0.3, 0.4) is 0 Å². The van der Waals surface area contributed by atoms with Crippen LogP contribution >= 0.6 is 0 Å². The summed E-state index contributed by atoms with van der Waals surface area (Å²) < 4.78 is 1.89. The fraction of sp³-hybridized carbons (Fsp3) is 0.0952. The van der Waals surface area contributed by atoms with Crippen molar-refractivity contribution in [1.29, 1.82) is 5.26 Å². The molecule has 0 aliphatic rings. The highest BCUT2D eigenvalue weighted by Gasteiger charge is 2.22. The minimum atomic E-state index is -0.362. The van der Waals surface area contributed by atoms with Crippen LogP contribution in [0.4, 0.5) is 5.69 Å². The summed E-state index contributed by atoms with van der Waals surface area (Å²) in [5, 5.41) is 11.7. The van der Waals surface area contributed by atoms with Crippen molar-refractivity contribution in [2.45, 2.75) is 13.0 Å². The topological polar surface area (TPSA) is 56.8 Å². The van der Waals surface area contributed by atoms with Crippen LogP contribution in [-0.4, -0.2) is 5.91 Å². The van der Waals surface area contributed by atoms with Crippen molar-refractivity contribution < 1.29 is 9.36 Å². The third kappa shape index (κ3) is 3.91. The Hall–Kier alpha value is -3.45. The number of carbonyl (C=O) groups is 1. The number of nitrogens with zero attached hydrogens (tertiary/aromatic N) is 2. The van der Waals surface area contributed by atoms with Gasteiger partial charge in [-0.05, 0) is 35.9 Å². The number of aromatic nitrogens is 1. The van der Waals surface area contributed by atoms with Gasteiger partial charge >= 0.3 is 0 Å². The van der Waals surface area contributed by atoms with Gasteiger partial charge in [-0.15, -0.1) is 0 Å². The molecule has 4 heteroatoms. The second-order valence-corrected chi connectivity index (χ2v) is 5.76. The molecule has 0 saturated carbocycles. The summed E-state index contributed by atoms with van der Waals surface area (Å²) in [5.74, 6) is -0.111. The van der Waals surface area contributed by atoms with Crippen molar-refractivity contribution in [3.05, 3.63) is 84.7 Å². The van der Waals surface area contributed by atoms with Gasteiger partial charge in [0.2, 0.25) is 6.04 Å². The van der Waals surface area contributed by atoms with Gasteiger partial charge in [-0.1, -0.05) is 30.3 Å². The summed E-state index contributed by atoms with van der Waals surface area (Å²) in [4.78, 5) is 12.5. The summed E-state index contributed by atoms with van der Waals surface area (Å²) >= 11 is 0. The molecule has 3 aromatic rings. The van der Waals surface area contributed by atoms with E-state index in [0.29, 0.717) is 11.3 Å². The molecule has 1 N–H and O–H groups in total. The average Bonchev–Trinajstić information content (AvgIpc) is 2.68. The van der Waals surface area contributed by atoms with E-state index in [2.05, 4.69) is 11.4 Å². The van der Waals surface area contributed by atoms with E-state index in [1.165, 1.54) is 0 Å². The van der Waals surface area contributed by atoms with Gasteiger partial charge in [0.1, 0.15) is 0 Å². The number of rotatable bonds is 4. The van der Waals surface area contributed by atoms with E-state index >= 15 is 0 Å². The molecule has 0 unspecified atom stereocenters. The zero-order valence-corrected chi connectivity index (χ0v) is 13.9. The molecule has 4 nitrogen and oxygen atoms in total. The minimum Gasteiger partial charge on any atom is -0.320 e. The first-order chi connectivity index (χ1) is 12.2. The third-order valence-corrected chi connectivity index (χ3v) is 4.04. The summed E-state index contributed by atoms with van der Waals surface area (Å²) in [5.41, 5.74) is 3.41. The van der Waals surface area contributed by atoms with Crippen LogP contribution in [0.2, 0.25) is 0 Å². The number of nitrogens with one attached hydrogen (secondary N) is 1. The molecule has 3 rings (SSSR count). The maximum atomic E-state index is 12.5. The van der Waals surface area contributed by atoms with Gasteiger partial charge in [-0.25, -0.2) is 0 Å². The highest BCUT2D eigenvalue weighted by molar-refractivity contribution is 5.92. The number of pyridine rings is 1. The van der Waals surface area contributed by atoms with Crippen molar-refractivity contribution >= 4 is 11.6 Å². The van der Waals surface area contributed by atoms with E-state index < -0.39 is 0 Å². The molecule has 25 heavy (non-hydrogen) atoms. The molecule has 0 saturated heterocycles. The number of anilines is 1. The third-order valence-electron chi connectivity index (χ3n) is 4.04. The molecule has 0 aliphatic heterocycles. The van der Waals surface area contributed by atoms with Crippen molar-refractivity contribution in [2.75, 3.05) is 5.32 Å². The lowest BCUT2D eigenvalue weighted by atomic mass is 10.1. The Bertz CT molecular complexity index is 912. The SMILES string of the molecule is C[C@@H](C(=O)Nc1ccc(C#N)cc1)[n+]1cccc(-c2ccccc2)c1. The van der Waals surface area contributed by atoms with Crippen LogP contribution in [0.25, 0.3) is 11.1 Å². The fourth-order valence-electron chi connectivity index (χ4n) is 2.55. The molecule has 2 aromatic carbocycles. The zero-order chi connectivity index (χ0) is 17.6. The number of nitriles is 1. The molecular weight excluding hydrogens is 310 g/mol. The van der Waals surface area contributed by atoms with Crippen molar-refractivity contribution in [3.8, 4) is 17.2 Å². The number of benzene rings is 2. The smallest absolute Gasteiger partial charge is 0.293 e. The first-order valence-electron chi connectivity index (χ1n) is 8.04.